The van der Waals surface area contributed by atoms with Crippen LogP contribution in [0.4, 0.5) is 9.52 Å². The molecule has 1 aromatic heterocycles. The van der Waals surface area contributed by atoms with Gasteiger partial charge < -0.3 is 4.74 Å². The molecule has 0 N–H and O–H groups in total. The molecule has 7 nitrogen and oxygen atoms in total. The first-order chi connectivity index (χ1) is 15.9. The van der Waals surface area contributed by atoms with E-state index in [9.17, 15) is 17.6 Å². The number of thiazole rings is 1. The maximum absolute atomic E-state index is 14.2. The summed E-state index contributed by atoms with van der Waals surface area (Å²) in [6.45, 7) is 4.23. The van der Waals surface area contributed by atoms with Crippen molar-refractivity contribution in [2.75, 3.05) is 50.0 Å². The number of aromatic nitrogens is 1. The van der Waals surface area contributed by atoms with Crippen molar-refractivity contribution in [3.05, 3.63) is 54.3 Å². The molecule has 1 amide bonds. The molecule has 34 heavy (non-hydrogen) atoms. The second-order valence-corrected chi connectivity index (χ2v) is 10.9. The van der Waals surface area contributed by atoms with Gasteiger partial charge in [-0.05, 0) is 30.7 Å². The van der Waals surface area contributed by atoms with Crippen LogP contribution in [0.2, 0.25) is 0 Å². The standard InChI is InChI=1S/C23H26FN3O4S2.ClH/c24-19-8-4-9-20-22(19)25-23(32-20)27(12-5-11-26-13-15-31-16-14-26)21(28)10-17-33(29,30)18-6-2-1-3-7-18;/h1-4,6-9H,5,10-17H2;1H. The molecule has 0 radical (unpaired) electrons. The zero-order valence-electron chi connectivity index (χ0n) is 18.6. The van der Waals surface area contributed by atoms with Crippen molar-refractivity contribution in [2.24, 2.45) is 0 Å². The number of anilines is 1. The third kappa shape index (κ3) is 6.51. The van der Waals surface area contributed by atoms with E-state index in [0.29, 0.717) is 36.0 Å². The third-order valence-electron chi connectivity index (χ3n) is 5.54. The van der Waals surface area contributed by atoms with Gasteiger partial charge in [-0.2, -0.15) is 0 Å². The Balaban J connectivity index is 0.00000324. The van der Waals surface area contributed by atoms with Gasteiger partial charge in [-0.1, -0.05) is 35.6 Å². The van der Waals surface area contributed by atoms with Gasteiger partial charge in [0.2, 0.25) is 5.91 Å². The van der Waals surface area contributed by atoms with Crippen molar-refractivity contribution in [1.82, 2.24) is 9.88 Å². The Hall–Kier alpha value is -2.11. The number of rotatable bonds is 9. The fourth-order valence-corrected chi connectivity index (χ4v) is 6.00. The van der Waals surface area contributed by atoms with Crippen molar-refractivity contribution < 1.29 is 22.3 Å². The number of halogens is 2. The van der Waals surface area contributed by atoms with Gasteiger partial charge in [-0.15, -0.1) is 12.4 Å². The van der Waals surface area contributed by atoms with E-state index in [2.05, 4.69) is 9.88 Å². The number of para-hydroxylation sites is 1. The van der Waals surface area contributed by atoms with E-state index >= 15 is 0 Å². The van der Waals surface area contributed by atoms with Gasteiger partial charge in [0.05, 0.1) is 28.6 Å². The maximum atomic E-state index is 14.2. The Bertz CT molecular complexity index is 1200. The second kappa shape index (κ2) is 12.0. The number of carbonyl (C=O) groups is 1. The van der Waals surface area contributed by atoms with Gasteiger partial charge in [0.25, 0.3) is 0 Å². The number of nitrogens with zero attached hydrogens (tertiary/aromatic N) is 3. The summed E-state index contributed by atoms with van der Waals surface area (Å²) < 4.78 is 45.5. The molecule has 1 fully saturated rings. The molecular weight excluding hydrogens is 501 g/mol. The van der Waals surface area contributed by atoms with E-state index in [4.69, 9.17) is 4.74 Å². The first kappa shape index (κ1) is 26.5. The maximum Gasteiger partial charge on any atom is 0.229 e. The minimum Gasteiger partial charge on any atom is -0.379 e. The highest BCUT2D eigenvalue weighted by molar-refractivity contribution is 7.91. The number of hydrogen-bond acceptors (Lipinski definition) is 7. The Morgan fingerprint density at radius 1 is 1.12 bits per heavy atom. The first-order valence-electron chi connectivity index (χ1n) is 10.9. The molecule has 0 bridgehead atoms. The quantitative estimate of drug-likeness (QED) is 0.421. The molecule has 0 saturated carbocycles. The average molecular weight is 528 g/mol. The predicted octanol–water partition coefficient (Wildman–Crippen LogP) is 3.78. The lowest BCUT2D eigenvalue weighted by Crippen LogP contribution is -2.39. The molecule has 0 aliphatic carbocycles. The lowest BCUT2D eigenvalue weighted by molar-refractivity contribution is -0.118. The van der Waals surface area contributed by atoms with Crippen LogP contribution in [0.25, 0.3) is 10.2 Å². The molecule has 0 atom stereocenters. The average Bonchev–Trinajstić information content (AvgIpc) is 3.27. The minimum absolute atomic E-state index is 0. The van der Waals surface area contributed by atoms with Gasteiger partial charge in [0, 0.05) is 32.6 Å². The molecule has 0 spiro atoms. The molecule has 4 rings (SSSR count). The topological polar surface area (TPSA) is 79.8 Å². The summed E-state index contributed by atoms with van der Waals surface area (Å²) in [6, 6.07) is 12.8. The molecule has 1 saturated heterocycles. The van der Waals surface area contributed by atoms with Crippen LogP contribution in [0.1, 0.15) is 12.8 Å². The van der Waals surface area contributed by atoms with Gasteiger partial charge in [-0.3, -0.25) is 14.6 Å². The number of hydrogen-bond donors (Lipinski definition) is 0. The summed E-state index contributed by atoms with van der Waals surface area (Å²) in [6.07, 6.45) is 0.517. The third-order valence-corrected chi connectivity index (χ3v) is 8.31. The van der Waals surface area contributed by atoms with Crippen molar-refractivity contribution in [2.45, 2.75) is 17.7 Å². The van der Waals surface area contributed by atoms with Crippen molar-refractivity contribution in [3.63, 3.8) is 0 Å². The van der Waals surface area contributed by atoms with Crippen LogP contribution < -0.4 is 4.90 Å². The minimum atomic E-state index is -3.59. The molecule has 11 heteroatoms. The second-order valence-electron chi connectivity index (χ2n) is 7.82. The molecule has 3 aromatic rings. The summed E-state index contributed by atoms with van der Waals surface area (Å²) in [7, 11) is -3.59. The summed E-state index contributed by atoms with van der Waals surface area (Å²) in [5.74, 6) is -1.08. The van der Waals surface area contributed by atoms with E-state index < -0.39 is 15.7 Å². The number of sulfone groups is 1. The Morgan fingerprint density at radius 3 is 2.56 bits per heavy atom. The number of morpholine rings is 1. The Kier molecular flexibility index (Phi) is 9.38. The van der Waals surface area contributed by atoms with E-state index in [0.717, 1.165) is 19.6 Å². The van der Waals surface area contributed by atoms with Gasteiger partial charge in [0.15, 0.2) is 15.0 Å². The monoisotopic (exact) mass is 527 g/mol. The zero-order chi connectivity index (χ0) is 23.3. The van der Waals surface area contributed by atoms with Crippen LogP contribution in [-0.2, 0) is 19.4 Å². The van der Waals surface area contributed by atoms with Crippen LogP contribution >= 0.6 is 23.7 Å². The number of ether oxygens (including phenoxy) is 1. The summed E-state index contributed by atoms with van der Waals surface area (Å²) in [4.78, 5) is 21.5. The van der Waals surface area contributed by atoms with Gasteiger partial charge in [-0.25, -0.2) is 17.8 Å². The highest BCUT2D eigenvalue weighted by Gasteiger charge is 2.24. The van der Waals surface area contributed by atoms with Crippen molar-refractivity contribution >= 4 is 54.8 Å². The SMILES string of the molecule is Cl.O=C(CCS(=O)(=O)c1ccccc1)N(CCCN1CCOCC1)c1nc2c(F)cccc2s1. The molecule has 1 aliphatic heterocycles. The largest absolute Gasteiger partial charge is 0.379 e. The van der Waals surface area contributed by atoms with Crippen LogP contribution in [0.15, 0.2) is 53.4 Å². The molecule has 0 unspecified atom stereocenters. The fourth-order valence-electron chi connectivity index (χ4n) is 3.73. The molecule has 1 aliphatic rings. The van der Waals surface area contributed by atoms with Crippen LogP contribution in [-0.4, -0.2) is 69.4 Å². The molecular formula is C23H27ClFN3O4S2. The van der Waals surface area contributed by atoms with Crippen LogP contribution in [0, 0.1) is 5.82 Å². The zero-order valence-corrected chi connectivity index (χ0v) is 21.0. The lowest BCUT2D eigenvalue weighted by Gasteiger charge is -2.27. The van der Waals surface area contributed by atoms with E-state index in [1.807, 2.05) is 0 Å². The highest BCUT2D eigenvalue weighted by Crippen LogP contribution is 2.31. The Labute approximate surface area is 208 Å². The number of benzene rings is 2. The number of fused-ring (bicyclic) bond motifs is 1. The normalized spacial score (nSPS) is 14.6. The van der Waals surface area contributed by atoms with Crippen LogP contribution in [0.3, 0.4) is 0 Å². The van der Waals surface area contributed by atoms with E-state index in [-0.39, 0.29) is 40.9 Å². The van der Waals surface area contributed by atoms with Crippen LogP contribution in [0.5, 0.6) is 0 Å². The summed E-state index contributed by atoms with van der Waals surface area (Å²) in [5, 5.41) is 0.388. The number of amides is 1. The van der Waals surface area contributed by atoms with Gasteiger partial charge >= 0.3 is 0 Å². The Morgan fingerprint density at radius 2 is 1.85 bits per heavy atom. The molecule has 2 aromatic carbocycles. The predicted molar refractivity (Wildman–Crippen MR) is 134 cm³/mol. The van der Waals surface area contributed by atoms with Crippen molar-refractivity contribution in [1.29, 1.82) is 0 Å². The number of carbonyl (C=O) groups excluding carboxylic acids is 1. The molecule has 184 valence electrons. The molecule has 2 heterocycles. The first-order valence-corrected chi connectivity index (χ1v) is 13.3. The lowest BCUT2D eigenvalue weighted by atomic mass is 10.3. The van der Waals surface area contributed by atoms with E-state index in [1.54, 1.807) is 30.3 Å². The highest BCUT2D eigenvalue weighted by atomic mass is 35.5. The van der Waals surface area contributed by atoms with E-state index in [1.165, 1.54) is 34.4 Å². The fraction of sp³-hybridized carbons (Fsp3) is 0.391. The summed E-state index contributed by atoms with van der Waals surface area (Å²) >= 11 is 1.23. The van der Waals surface area contributed by atoms with Gasteiger partial charge in [0.1, 0.15) is 11.3 Å². The summed E-state index contributed by atoms with van der Waals surface area (Å²) in [5.41, 5.74) is 0.223. The smallest absolute Gasteiger partial charge is 0.229 e. The van der Waals surface area contributed by atoms with Crippen molar-refractivity contribution in [3.8, 4) is 0 Å².